The molecule has 3 rings (SSSR count). The molecule has 3 heterocycles. The molecule has 0 aliphatic carbocycles. The van der Waals surface area contributed by atoms with Gasteiger partial charge < -0.3 is 19.5 Å². The van der Waals surface area contributed by atoms with E-state index in [9.17, 15) is 0 Å². The lowest BCUT2D eigenvalue weighted by Crippen LogP contribution is -2.43. The Morgan fingerprint density at radius 2 is 2.04 bits per heavy atom. The van der Waals surface area contributed by atoms with E-state index in [4.69, 9.17) is 17.0 Å². The zero-order valence-corrected chi connectivity index (χ0v) is 17.1. The first kappa shape index (κ1) is 19.6. The van der Waals surface area contributed by atoms with Gasteiger partial charge in [-0.3, -0.25) is 4.90 Å². The molecule has 2 aliphatic heterocycles. The van der Waals surface area contributed by atoms with Gasteiger partial charge in [-0.05, 0) is 62.5 Å². The number of aryl methyl sites for hydroxylation is 1. The monoisotopic (exact) mass is 378 g/mol. The lowest BCUT2D eigenvalue weighted by molar-refractivity contribution is 0.0375. The first-order valence-corrected chi connectivity index (χ1v) is 10.5. The van der Waals surface area contributed by atoms with Gasteiger partial charge in [0.2, 0.25) is 0 Å². The number of nitrogens with zero attached hydrogens (tertiary/aromatic N) is 3. The number of rotatable bonds is 5. The van der Waals surface area contributed by atoms with Crippen molar-refractivity contribution in [3.8, 4) is 0 Å². The molecule has 0 radical (unpaired) electrons. The molecule has 0 amide bonds. The highest BCUT2D eigenvalue weighted by atomic mass is 32.1. The molecule has 2 aliphatic rings. The zero-order chi connectivity index (χ0) is 18.4. The number of hydrogen-bond acceptors (Lipinski definition) is 3. The molecule has 0 unspecified atom stereocenters. The summed E-state index contributed by atoms with van der Waals surface area (Å²) >= 11 is 5.81. The van der Waals surface area contributed by atoms with Crippen LogP contribution in [0.3, 0.4) is 0 Å². The van der Waals surface area contributed by atoms with E-state index in [0.29, 0.717) is 6.04 Å². The Morgan fingerprint density at radius 1 is 1.23 bits per heavy atom. The zero-order valence-electron chi connectivity index (χ0n) is 16.3. The molecule has 2 atom stereocenters. The summed E-state index contributed by atoms with van der Waals surface area (Å²) in [6, 6.07) is 4.77. The van der Waals surface area contributed by atoms with E-state index < -0.39 is 0 Å². The highest BCUT2D eigenvalue weighted by molar-refractivity contribution is 7.80. The summed E-state index contributed by atoms with van der Waals surface area (Å²) < 4.78 is 7.66. The number of ether oxygens (including phenoxy) is 1. The van der Waals surface area contributed by atoms with Crippen LogP contribution in [-0.2, 0) is 11.8 Å². The fourth-order valence-corrected chi connectivity index (χ4v) is 4.37. The van der Waals surface area contributed by atoms with Crippen LogP contribution in [0, 0.1) is 5.92 Å². The molecule has 0 aromatic carbocycles. The summed E-state index contributed by atoms with van der Waals surface area (Å²) in [5.74, 6) is 0.770. The van der Waals surface area contributed by atoms with E-state index in [1.165, 1.54) is 25.0 Å². The van der Waals surface area contributed by atoms with Crippen LogP contribution in [0.1, 0.15) is 44.3 Å². The number of thiocarbonyl (C=S) groups is 1. The van der Waals surface area contributed by atoms with Crippen LogP contribution in [-0.4, -0.2) is 65.4 Å². The van der Waals surface area contributed by atoms with Crippen molar-refractivity contribution in [2.75, 3.05) is 45.9 Å². The summed E-state index contributed by atoms with van der Waals surface area (Å²) in [6.07, 6.45) is 6.93. The van der Waals surface area contributed by atoms with Gasteiger partial charge >= 0.3 is 0 Å². The predicted octanol–water partition coefficient (Wildman–Crippen LogP) is 2.79. The lowest BCUT2D eigenvalue weighted by Gasteiger charge is -2.33. The Hall–Kier alpha value is -1.11. The van der Waals surface area contributed by atoms with Gasteiger partial charge in [-0.2, -0.15) is 0 Å². The van der Waals surface area contributed by atoms with Gasteiger partial charge in [0.15, 0.2) is 5.11 Å². The third-order valence-corrected chi connectivity index (χ3v) is 6.17. The lowest BCUT2D eigenvalue weighted by atomic mass is 10.0. The second-order valence-electron chi connectivity index (χ2n) is 7.76. The summed E-state index contributed by atoms with van der Waals surface area (Å²) in [6.45, 7) is 9.34. The van der Waals surface area contributed by atoms with Gasteiger partial charge in [-0.15, -0.1) is 0 Å². The number of morpholine rings is 1. The van der Waals surface area contributed by atoms with Gasteiger partial charge in [0, 0.05) is 45.1 Å². The van der Waals surface area contributed by atoms with Gasteiger partial charge in [-0.1, -0.05) is 6.92 Å². The summed E-state index contributed by atoms with van der Waals surface area (Å²) in [7, 11) is 2.14. The second kappa shape index (κ2) is 9.72. The van der Waals surface area contributed by atoms with E-state index in [1.54, 1.807) is 0 Å². The molecule has 1 aromatic rings. The molecule has 2 saturated heterocycles. The van der Waals surface area contributed by atoms with Crippen molar-refractivity contribution in [1.29, 1.82) is 0 Å². The standard InChI is InChI=1S/C20H34N4OS/c1-17-6-7-19(18-5-3-10-22(18)2)24(12-8-17)20(26)21-9-4-11-23-13-15-25-16-14-23/h3,5,10,17,19H,4,6-9,11-16H2,1-2H3,(H,21,26)/t17-,19-/m0/s1. The van der Waals surface area contributed by atoms with Gasteiger partial charge in [0.1, 0.15) is 0 Å². The molecule has 0 spiro atoms. The van der Waals surface area contributed by atoms with Crippen LogP contribution >= 0.6 is 12.2 Å². The summed E-state index contributed by atoms with van der Waals surface area (Å²) in [4.78, 5) is 4.91. The van der Waals surface area contributed by atoms with Crippen molar-refractivity contribution in [3.63, 3.8) is 0 Å². The summed E-state index contributed by atoms with van der Waals surface area (Å²) in [5.41, 5.74) is 1.37. The average molecular weight is 379 g/mol. The second-order valence-corrected chi connectivity index (χ2v) is 8.15. The minimum absolute atomic E-state index is 0.388. The quantitative estimate of drug-likeness (QED) is 0.629. The van der Waals surface area contributed by atoms with Crippen LogP contribution in [0.15, 0.2) is 18.3 Å². The first-order chi connectivity index (χ1) is 12.6. The maximum absolute atomic E-state index is 5.81. The van der Waals surface area contributed by atoms with Crippen molar-refractivity contribution in [3.05, 3.63) is 24.0 Å². The van der Waals surface area contributed by atoms with Crippen LogP contribution in [0.2, 0.25) is 0 Å². The van der Waals surface area contributed by atoms with E-state index in [0.717, 1.165) is 63.4 Å². The molecule has 2 fully saturated rings. The molecule has 1 N–H and O–H groups in total. The molecule has 6 heteroatoms. The maximum atomic E-state index is 5.81. The number of nitrogens with one attached hydrogen (secondary N) is 1. The van der Waals surface area contributed by atoms with E-state index in [-0.39, 0.29) is 0 Å². The number of hydrogen-bond donors (Lipinski definition) is 1. The van der Waals surface area contributed by atoms with Gasteiger partial charge in [0.25, 0.3) is 0 Å². The Balaban J connectivity index is 1.53. The first-order valence-electron chi connectivity index (χ1n) is 10.1. The fourth-order valence-electron chi connectivity index (χ4n) is 4.05. The third-order valence-electron chi connectivity index (χ3n) is 5.79. The Kier molecular flexibility index (Phi) is 7.34. The molecular weight excluding hydrogens is 344 g/mol. The van der Waals surface area contributed by atoms with Crippen molar-refractivity contribution in [2.24, 2.45) is 13.0 Å². The van der Waals surface area contributed by atoms with Crippen molar-refractivity contribution in [2.45, 2.75) is 38.6 Å². The van der Waals surface area contributed by atoms with Crippen LogP contribution in [0.4, 0.5) is 0 Å². The van der Waals surface area contributed by atoms with E-state index in [1.807, 2.05) is 0 Å². The van der Waals surface area contributed by atoms with Crippen molar-refractivity contribution in [1.82, 2.24) is 19.7 Å². The predicted molar refractivity (Wildman–Crippen MR) is 110 cm³/mol. The molecule has 5 nitrogen and oxygen atoms in total. The van der Waals surface area contributed by atoms with Crippen LogP contribution < -0.4 is 5.32 Å². The fraction of sp³-hybridized carbons (Fsp3) is 0.750. The average Bonchev–Trinajstić information content (AvgIpc) is 2.98. The van der Waals surface area contributed by atoms with E-state index >= 15 is 0 Å². The molecule has 26 heavy (non-hydrogen) atoms. The van der Waals surface area contributed by atoms with Gasteiger partial charge in [-0.25, -0.2) is 0 Å². The van der Waals surface area contributed by atoms with Crippen molar-refractivity contribution < 1.29 is 4.74 Å². The highest BCUT2D eigenvalue weighted by Crippen LogP contribution is 2.32. The largest absolute Gasteiger partial charge is 0.379 e. The summed E-state index contributed by atoms with van der Waals surface area (Å²) in [5, 5.41) is 4.46. The van der Waals surface area contributed by atoms with E-state index in [2.05, 4.69) is 52.0 Å². The Morgan fingerprint density at radius 3 is 2.77 bits per heavy atom. The highest BCUT2D eigenvalue weighted by Gasteiger charge is 2.28. The molecular formula is C20H34N4OS. The van der Waals surface area contributed by atoms with Gasteiger partial charge in [0.05, 0.1) is 19.3 Å². The minimum Gasteiger partial charge on any atom is -0.379 e. The normalized spacial score (nSPS) is 25.1. The minimum atomic E-state index is 0.388. The third kappa shape index (κ3) is 5.21. The van der Waals surface area contributed by atoms with Crippen LogP contribution in [0.25, 0.3) is 0 Å². The van der Waals surface area contributed by atoms with Crippen LogP contribution in [0.5, 0.6) is 0 Å². The Labute approximate surface area is 163 Å². The smallest absolute Gasteiger partial charge is 0.169 e. The number of likely N-dealkylation sites (tertiary alicyclic amines) is 1. The Bertz CT molecular complexity index is 570. The number of aromatic nitrogens is 1. The van der Waals surface area contributed by atoms with Crippen molar-refractivity contribution >= 4 is 17.3 Å². The molecule has 146 valence electrons. The topological polar surface area (TPSA) is 32.7 Å². The maximum Gasteiger partial charge on any atom is 0.169 e. The molecule has 1 aromatic heterocycles. The molecule has 0 saturated carbocycles. The molecule has 0 bridgehead atoms. The SMILES string of the molecule is C[C@H]1CC[C@@H](c2cccn2C)N(C(=S)NCCCN2CCOCC2)CC1.